The van der Waals surface area contributed by atoms with Crippen LogP contribution in [0.3, 0.4) is 0 Å². The quantitative estimate of drug-likeness (QED) is 0.847. The zero-order valence-electron chi connectivity index (χ0n) is 11.0. The summed E-state index contributed by atoms with van der Waals surface area (Å²) in [6.45, 7) is 1.88. The highest BCUT2D eigenvalue weighted by atomic mass is 16.5. The lowest BCUT2D eigenvalue weighted by Gasteiger charge is -2.20. The van der Waals surface area contributed by atoms with E-state index in [4.69, 9.17) is 4.74 Å². The highest BCUT2D eigenvalue weighted by Crippen LogP contribution is 2.48. The van der Waals surface area contributed by atoms with E-state index in [1.165, 1.54) is 0 Å². The molecule has 1 aromatic rings. The molecule has 1 atom stereocenters. The van der Waals surface area contributed by atoms with Crippen LogP contribution in [0.15, 0.2) is 24.3 Å². The second-order valence-corrected chi connectivity index (χ2v) is 5.13. The van der Waals surface area contributed by atoms with Crippen molar-refractivity contribution >= 4 is 11.9 Å². The third kappa shape index (κ3) is 2.86. The van der Waals surface area contributed by atoms with Crippen LogP contribution in [0, 0.1) is 5.41 Å². The van der Waals surface area contributed by atoms with Crippen molar-refractivity contribution in [2.75, 3.05) is 7.11 Å². The van der Waals surface area contributed by atoms with Gasteiger partial charge in [0.1, 0.15) is 11.8 Å². The standard InChI is InChI=1S/C14H17NO4/c1-14(7-8-14)11(13(17)18)15-12(16)9-3-5-10(19-2)6-4-9/h3-6,11H,7-8H2,1-2H3,(H,15,16)(H,17,18). The molecule has 1 aliphatic carbocycles. The molecule has 1 unspecified atom stereocenters. The maximum Gasteiger partial charge on any atom is 0.326 e. The Kier molecular flexibility index (Phi) is 3.46. The molecular weight excluding hydrogens is 246 g/mol. The van der Waals surface area contributed by atoms with Crippen LogP contribution in [0.5, 0.6) is 5.75 Å². The van der Waals surface area contributed by atoms with Gasteiger partial charge in [-0.3, -0.25) is 4.79 Å². The molecule has 1 saturated carbocycles. The van der Waals surface area contributed by atoms with Crippen molar-refractivity contribution in [1.82, 2.24) is 5.32 Å². The Morgan fingerprint density at radius 2 is 1.89 bits per heavy atom. The van der Waals surface area contributed by atoms with Crippen molar-refractivity contribution in [2.45, 2.75) is 25.8 Å². The van der Waals surface area contributed by atoms with Gasteiger partial charge in [0.2, 0.25) is 0 Å². The second kappa shape index (κ2) is 4.91. The third-order valence-electron chi connectivity index (χ3n) is 3.61. The molecule has 0 bridgehead atoms. The number of nitrogens with one attached hydrogen (secondary N) is 1. The average Bonchev–Trinajstić information content (AvgIpc) is 3.14. The number of carbonyl (C=O) groups excluding carboxylic acids is 1. The van der Waals surface area contributed by atoms with Gasteiger partial charge in [-0.2, -0.15) is 0 Å². The van der Waals surface area contributed by atoms with Crippen LogP contribution in [-0.2, 0) is 4.79 Å². The van der Waals surface area contributed by atoms with Crippen LogP contribution in [0.4, 0.5) is 0 Å². The number of benzene rings is 1. The molecule has 1 aromatic carbocycles. The summed E-state index contributed by atoms with van der Waals surface area (Å²) in [6.07, 6.45) is 1.65. The summed E-state index contributed by atoms with van der Waals surface area (Å²) < 4.78 is 5.01. The molecule has 2 N–H and O–H groups in total. The predicted molar refractivity (Wildman–Crippen MR) is 69.2 cm³/mol. The van der Waals surface area contributed by atoms with E-state index in [0.29, 0.717) is 11.3 Å². The number of methoxy groups -OCH3 is 1. The number of rotatable bonds is 5. The monoisotopic (exact) mass is 263 g/mol. The zero-order chi connectivity index (χ0) is 14.0. The van der Waals surface area contributed by atoms with Gasteiger partial charge in [0.15, 0.2) is 0 Å². The van der Waals surface area contributed by atoms with Crippen molar-refractivity contribution in [3.63, 3.8) is 0 Å². The summed E-state index contributed by atoms with van der Waals surface area (Å²) in [5, 5.41) is 11.8. The molecule has 0 heterocycles. The first-order chi connectivity index (χ1) is 8.96. The topological polar surface area (TPSA) is 75.6 Å². The average molecular weight is 263 g/mol. The SMILES string of the molecule is COc1ccc(C(=O)NC(C(=O)O)C2(C)CC2)cc1. The molecule has 102 valence electrons. The van der Waals surface area contributed by atoms with Gasteiger partial charge < -0.3 is 15.2 Å². The largest absolute Gasteiger partial charge is 0.497 e. The Labute approximate surface area is 111 Å². The molecule has 5 heteroatoms. The summed E-state index contributed by atoms with van der Waals surface area (Å²) in [5.74, 6) is -0.703. The summed E-state index contributed by atoms with van der Waals surface area (Å²) in [5.41, 5.74) is 0.116. The number of hydrogen-bond acceptors (Lipinski definition) is 3. The number of carboxylic acid groups (broad SMARTS) is 1. The Hall–Kier alpha value is -2.04. The van der Waals surface area contributed by atoms with E-state index in [1.54, 1.807) is 31.4 Å². The van der Waals surface area contributed by atoms with Gasteiger partial charge in [-0.15, -0.1) is 0 Å². The van der Waals surface area contributed by atoms with Crippen molar-refractivity contribution < 1.29 is 19.4 Å². The number of carboxylic acids is 1. The molecule has 0 radical (unpaired) electrons. The van der Waals surface area contributed by atoms with Crippen LogP contribution in [-0.4, -0.2) is 30.1 Å². The van der Waals surface area contributed by atoms with Crippen LogP contribution >= 0.6 is 0 Å². The Bertz CT molecular complexity index is 491. The molecular formula is C14H17NO4. The van der Waals surface area contributed by atoms with Crippen molar-refractivity contribution in [3.8, 4) is 5.75 Å². The van der Waals surface area contributed by atoms with Gasteiger partial charge in [-0.25, -0.2) is 4.79 Å². The molecule has 0 spiro atoms. The molecule has 2 rings (SSSR count). The lowest BCUT2D eigenvalue weighted by atomic mass is 9.98. The number of hydrogen-bond donors (Lipinski definition) is 2. The third-order valence-corrected chi connectivity index (χ3v) is 3.61. The van der Waals surface area contributed by atoms with Crippen molar-refractivity contribution in [2.24, 2.45) is 5.41 Å². The lowest BCUT2D eigenvalue weighted by molar-refractivity contribution is -0.140. The van der Waals surface area contributed by atoms with Crippen LogP contribution < -0.4 is 10.1 Å². The number of amides is 1. The van der Waals surface area contributed by atoms with Gasteiger partial charge in [0, 0.05) is 5.56 Å². The minimum atomic E-state index is -0.984. The fourth-order valence-electron chi connectivity index (χ4n) is 1.98. The normalized spacial score (nSPS) is 17.4. The highest BCUT2D eigenvalue weighted by Gasteiger charge is 2.49. The zero-order valence-corrected chi connectivity index (χ0v) is 11.0. The van der Waals surface area contributed by atoms with E-state index < -0.39 is 12.0 Å². The van der Waals surface area contributed by atoms with Crippen molar-refractivity contribution in [3.05, 3.63) is 29.8 Å². The number of carbonyl (C=O) groups is 2. The molecule has 5 nitrogen and oxygen atoms in total. The molecule has 0 aliphatic heterocycles. The van der Waals surface area contributed by atoms with E-state index in [1.807, 2.05) is 6.92 Å². The minimum Gasteiger partial charge on any atom is -0.497 e. The fourth-order valence-corrected chi connectivity index (χ4v) is 1.98. The summed E-state index contributed by atoms with van der Waals surface area (Å²) in [6, 6.07) is 5.74. The van der Waals surface area contributed by atoms with Gasteiger partial charge in [-0.1, -0.05) is 6.92 Å². The first-order valence-corrected chi connectivity index (χ1v) is 6.14. The Morgan fingerprint density at radius 3 is 2.32 bits per heavy atom. The van der Waals surface area contributed by atoms with Gasteiger partial charge in [0.05, 0.1) is 7.11 Å². The van der Waals surface area contributed by atoms with E-state index in [-0.39, 0.29) is 11.3 Å². The fraction of sp³-hybridized carbons (Fsp3) is 0.429. The molecule has 1 amide bonds. The van der Waals surface area contributed by atoms with Crippen LogP contribution in [0.1, 0.15) is 30.1 Å². The highest BCUT2D eigenvalue weighted by molar-refractivity contribution is 5.97. The number of ether oxygens (including phenoxy) is 1. The first kappa shape index (κ1) is 13.4. The molecule has 1 fully saturated rings. The minimum absolute atomic E-state index is 0.312. The Morgan fingerprint density at radius 1 is 1.32 bits per heavy atom. The van der Waals surface area contributed by atoms with E-state index in [9.17, 15) is 14.7 Å². The van der Waals surface area contributed by atoms with Gasteiger partial charge >= 0.3 is 5.97 Å². The maximum absolute atomic E-state index is 12.0. The molecule has 19 heavy (non-hydrogen) atoms. The summed E-state index contributed by atoms with van der Waals surface area (Å²) in [4.78, 5) is 23.2. The Balaban J connectivity index is 2.08. The molecule has 0 aromatic heterocycles. The lowest BCUT2D eigenvalue weighted by Crippen LogP contribution is -2.46. The predicted octanol–water partition coefficient (Wildman–Crippen LogP) is 1.68. The van der Waals surface area contributed by atoms with Gasteiger partial charge in [-0.05, 0) is 42.5 Å². The van der Waals surface area contributed by atoms with E-state index >= 15 is 0 Å². The van der Waals surface area contributed by atoms with Crippen LogP contribution in [0.25, 0.3) is 0 Å². The molecule has 0 saturated heterocycles. The van der Waals surface area contributed by atoms with E-state index in [0.717, 1.165) is 12.8 Å². The smallest absolute Gasteiger partial charge is 0.326 e. The van der Waals surface area contributed by atoms with Crippen molar-refractivity contribution in [1.29, 1.82) is 0 Å². The number of aliphatic carboxylic acids is 1. The first-order valence-electron chi connectivity index (χ1n) is 6.14. The maximum atomic E-state index is 12.0. The van der Waals surface area contributed by atoms with Crippen LogP contribution in [0.2, 0.25) is 0 Å². The molecule has 1 aliphatic rings. The van der Waals surface area contributed by atoms with Gasteiger partial charge in [0.25, 0.3) is 5.91 Å². The second-order valence-electron chi connectivity index (χ2n) is 5.13. The summed E-state index contributed by atoms with van der Waals surface area (Å²) >= 11 is 0. The van der Waals surface area contributed by atoms with E-state index in [2.05, 4.69) is 5.32 Å². The summed E-state index contributed by atoms with van der Waals surface area (Å²) in [7, 11) is 1.55.